The number of carbonyl (C=O) groups is 1. The lowest BCUT2D eigenvalue weighted by molar-refractivity contribution is -0.130. The molecule has 1 aliphatic rings. The molecule has 3 atom stereocenters. The van der Waals surface area contributed by atoms with Crippen molar-refractivity contribution in [3.05, 3.63) is 17.9 Å². The average molecular weight is 301 g/mol. The van der Waals surface area contributed by atoms with Crippen LogP contribution in [0.4, 0.5) is 13.2 Å². The van der Waals surface area contributed by atoms with E-state index in [4.69, 9.17) is 23.2 Å². The fraction of sp³-hybridized carbons (Fsp3) is 0.667. The molecule has 0 bridgehead atoms. The standard InChI is InChI=1S/C12H13Cl2F3O/c1-4-6(5-7(13)12(15,16)17)8-9(10(14)18)11(8,2)3/h7-9H,1,5H2,2-3H3. The summed E-state index contributed by atoms with van der Waals surface area (Å²) in [6.07, 6.45) is -4.90. The Morgan fingerprint density at radius 1 is 1.44 bits per heavy atom. The van der Waals surface area contributed by atoms with Crippen LogP contribution in [0.25, 0.3) is 0 Å². The maximum Gasteiger partial charge on any atom is 0.405 e. The Morgan fingerprint density at radius 2 is 1.94 bits per heavy atom. The number of carbonyl (C=O) groups excluding carboxylic acids is 1. The van der Waals surface area contributed by atoms with E-state index < -0.39 is 34.5 Å². The summed E-state index contributed by atoms with van der Waals surface area (Å²) in [4.78, 5) is 11.2. The highest BCUT2D eigenvalue weighted by Gasteiger charge is 2.63. The molecule has 0 amide bonds. The molecule has 0 saturated heterocycles. The van der Waals surface area contributed by atoms with Crippen LogP contribution in [-0.4, -0.2) is 16.8 Å². The predicted molar refractivity (Wildman–Crippen MR) is 64.6 cm³/mol. The lowest BCUT2D eigenvalue weighted by atomic mass is 10.00. The number of alkyl halides is 4. The van der Waals surface area contributed by atoms with Crippen LogP contribution in [0.1, 0.15) is 20.3 Å². The Bertz CT molecular complexity index is 408. The van der Waals surface area contributed by atoms with Gasteiger partial charge in [0.1, 0.15) is 5.38 Å². The second-order valence-electron chi connectivity index (χ2n) is 5.00. The molecule has 1 fully saturated rings. The molecule has 102 valence electrons. The number of halogens is 5. The zero-order valence-corrected chi connectivity index (χ0v) is 11.5. The van der Waals surface area contributed by atoms with Crippen molar-refractivity contribution in [3.8, 4) is 0 Å². The third-order valence-electron chi connectivity index (χ3n) is 3.43. The summed E-state index contributed by atoms with van der Waals surface area (Å²) in [6, 6.07) is 0. The van der Waals surface area contributed by atoms with Crippen molar-refractivity contribution in [2.45, 2.75) is 31.8 Å². The summed E-state index contributed by atoms with van der Waals surface area (Å²) >= 11 is 10.7. The van der Waals surface area contributed by atoms with E-state index in [1.807, 2.05) is 0 Å². The molecule has 3 unspecified atom stereocenters. The van der Waals surface area contributed by atoms with Gasteiger partial charge in [-0.05, 0) is 22.6 Å². The Morgan fingerprint density at radius 3 is 2.22 bits per heavy atom. The summed E-state index contributed by atoms with van der Waals surface area (Å²) in [5.41, 5.74) is 2.34. The van der Waals surface area contributed by atoms with Crippen molar-refractivity contribution in [2.24, 2.45) is 17.3 Å². The Balaban J connectivity index is 2.84. The van der Waals surface area contributed by atoms with Crippen molar-refractivity contribution >= 4 is 28.4 Å². The van der Waals surface area contributed by atoms with Gasteiger partial charge in [-0.25, -0.2) is 0 Å². The van der Waals surface area contributed by atoms with Gasteiger partial charge in [0.2, 0.25) is 5.24 Å². The van der Waals surface area contributed by atoms with Gasteiger partial charge in [0.25, 0.3) is 0 Å². The monoisotopic (exact) mass is 300 g/mol. The molecule has 1 nitrogen and oxygen atoms in total. The van der Waals surface area contributed by atoms with Crippen molar-refractivity contribution in [3.63, 3.8) is 0 Å². The minimum absolute atomic E-state index is 0.316. The SMILES string of the molecule is C=C=C(CC(Cl)C(F)(F)F)C1C(C(=O)Cl)C1(C)C. The molecule has 1 saturated carbocycles. The van der Waals surface area contributed by atoms with E-state index in [9.17, 15) is 18.0 Å². The Kier molecular flexibility index (Phi) is 4.26. The molecule has 0 aromatic heterocycles. The largest absolute Gasteiger partial charge is 0.405 e. The molecule has 0 N–H and O–H groups in total. The molecular weight excluding hydrogens is 288 g/mol. The highest BCUT2D eigenvalue weighted by molar-refractivity contribution is 6.64. The highest BCUT2D eigenvalue weighted by atomic mass is 35.5. The second-order valence-corrected chi connectivity index (χ2v) is 5.90. The van der Waals surface area contributed by atoms with E-state index in [0.29, 0.717) is 5.57 Å². The maximum atomic E-state index is 12.4. The van der Waals surface area contributed by atoms with Gasteiger partial charge in [0.05, 0.1) is 0 Å². The van der Waals surface area contributed by atoms with E-state index in [2.05, 4.69) is 12.3 Å². The quantitative estimate of drug-likeness (QED) is 0.430. The summed E-state index contributed by atoms with van der Waals surface area (Å²) in [6.45, 7) is 6.92. The van der Waals surface area contributed by atoms with Crippen LogP contribution in [-0.2, 0) is 4.79 Å². The minimum atomic E-state index is -4.48. The van der Waals surface area contributed by atoms with Crippen LogP contribution >= 0.6 is 23.2 Å². The topological polar surface area (TPSA) is 17.1 Å². The zero-order chi connectivity index (χ0) is 14.3. The third kappa shape index (κ3) is 2.93. The molecule has 0 radical (unpaired) electrons. The van der Waals surface area contributed by atoms with Gasteiger partial charge >= 0.3 is 6.18 Å². The molecule has 0 heterocycles. The number of rotatable bonds is 4. The van der Waals surface area contributed by atoms with Crippen LogP contribution in [0.5, 0.6) is 0 Å². The van der Waals surface area contributed by atoms with Gasteiger partial charge in [-0.1, -0.05) is 20.4 Å². The first kappa shape index (κ1) is 15.6. The summed E-state index contributed by atoms with van der Waals surface area (Å²) in [7, 11) is 0. The molecule has 0 spiro atoms. The van der Waals surface area contributed by atoms with Gasteiger partial charge in [-0.2, -0.15) is 13.2 Å². The molecule has 18 heavy (non-hydrogen) atoms. The minimum Gasteiger partial charge on any atom is -0.281 e. The predicted octanol–water partition coefficient (Wildman–Crippen LogP) is 4.30. The Hall–Kier alpha value is -0.440. The van der Waals surface area contributed by atoms with E-state index >= 15 is 0 Å². The number of hydrogen-bond donors (Lipinski definition) is 0. The first-order valence-corrected chi connectivity index (χ1v) is 6.13. The molecule has 1 rings (SSSR count). The van der Waals surface area contributed by atoms with Crippen molar-refractivity contribution in [1.82, 2.24) is 0 Å². The van der Waals surface area contributed by atoms with E-state index in [1.165, 1.54) is 0 Å². The molecular formula is C12H13Cl2F3O. The van der Waals surface area contributed by atoms with Crippen LogP contribution in [0.3, 0.4) is 0 Å². The van der Waals surface area contributed by atoms with Gasteiger partial charge < -0.3 is 0 Å². The van der Waals surface area contributed by atoms with Gasteiger partial charge in [-0.15, -0.1) is 17.3 Å². The van der Waals surface area contributed by atoms with E-state index in [0.717, 1.165) is 0 Å². The lowest BCUT2D eigenvalue weighted by Gasteiger charge is -2.15. The number of hydrogen-bond acceptors (Lipinski definition) is 1. The molecule has 0 aromatic carbocycles. The van der Waals surface area contributed by atoms with Crippen molar-refractivity contribution < 1.29 is 18.0 Å². The van der Waals surface area contributed by atoms with Crippen molar-refractivity contribution in [1.29, 1.82) is 0 Å². The molecule has 1 aliphatic carbocycles. The molecule has 0 aromatic rings. The molecule has 0 aliphatic heterocycles. The Labute approximate surface area is 114 Å². The maximum absolute atomic E-state index is 12.4. The first-order chi connectivity index (χ1) is 8.03. The summed E-state index contributed by atoms with van der Waals surface area (Å²) in [5, 5.41) is -2.54. The van der Waals surface area contributed by atoms with Crippen LogP contribution in [0.15, 0.2) is 17.9 Å². The van der Waals surface area contributed by atoms with Gasteiger partial charge in [0.15, 0.2) is 0 Å². The fourth-order valence-electron chi connectivity index (χ4n) is 2.33. The normalized spacial score (nSPS) is 27.3. The highest BCUT2D eigenvalue weighted by Crippen LogP contribution is 2.63. The lowest BCUT2D eigenvalue weighted by Crippen LogP contribution is -2.24. The summed E-state index contributed by atoms with van der Waals surface area (Å²) < 4.78 is 37.2. The summed E-state index contributed by atoms with van der Waals surface area (Å²) in [5.74, 6) is -0.843. The number of allylic oxidation sites excluding steroid dienone is 1. The van der Waals surface area contributed by atoms with Crippen molar-refractivity contribution in [2.75, 3.05) is 0 Å². The van der Waals surface area contributed by atoms with Crippen LogP contribution < -0.4 is 0 Å². The fourth-order valence-corrected chi connectivity index (χ4v) is 2.90. The second kappa shape index (κ2) is 4.92. The zero-order valence-electron chi connectivity index (χ0n) is 9.94. The third-order valence-corrected chi connectivity index (χ3v) is 4.07. The van der Waals surface area contributed by atoms with Gasteiger partial charge in [-0.3, -0.25) is 4.79 Å². The van der Waals surface area contributed by atoms with Crippen LogP contribution in [0.2, 0.25) is 0 Å². The van der Waals surface area contributed by atoms with E-state index in [1.54, 1.807) is 13.8 Å². The average Bonchev–Trinajstić information content (AvgIpc) is 2.76. The van der Waals surface area contributed by atoms with Gasteiger partial charge in [0, 0.05) is 18.3 Å². The first-order valence-electron chi connectivity index (χ1n) is 5.32. The smallest absolute Gasteiger partial charge is 0.281 e. The molecule has 6 heteroatoms. The van der Waals surface area contributed by atoms with E-state index in [-0.39, 0.29) is 5.92 Å². The van der Waals surface area contributed by atoms with Crippen LogP contribution in [0, 0.1) is 17.3 Å².